The van der Waals surface area contributed by atoms with Crippen LogP contribution < -0.4 is 10.5 Å². The summed E-state index contributed by atoms with van der Waals surface area (Å²) in [5.74, 6) is -0.379. The third-order valence-electron chi connectivity index (χ3n) is 2.08. The van der Waals surface area contributed by atoms with Crippen molar-refractivity contribution in [3.8, 4) is 11.5 Å². The summed E-state index contributed by atoms with van der Waals surface area (Å²) in [4.78, 5) is 3.91. The highest BCUT2D eigenvalue weighted by molar-refractivity contribution is 5.95. The number of halogens is 1. The molecule has 17 heavy (non-hydrogen) atoms. The monoisotopic (exact) mass is 231 g/mol. The van der Waals surface area contributed by atoms with E-state index in [9.17, 15) is 4.39 Å². The number of hydrogen-bond acceptors (Lipinski definition) is 3. The lowest BCUT2D eigenvalue weighted by Crippen LogP contribution is -2.14. The van der Waals surface area contributed by atoms with Gasteiger partial charge in [-0.2, -0.15) is 0 Å². The van der Waals surface area contributed by atoms with Crippen LogP contribution in [-0.2, 0) is 0 Å². The van der Waals surface area contributed by atoms with Gasteiger partial charge >= 0.3 is 0 Å². The zero-order chi connectivity index (χ0) is 12.3. The molecule has 4 nitrogen and oxygen atoms in total. The van der Waals surface area contributed by atoms with Crippen LogP contribution in [0.3, 0.4) is 0 Å². The Morgan fingerprint density at radius 3 is 2.59 bits per heavy atom. The Morgan fingerprint density at radius 2 is 1.88 bits per heavy atom. The molecule has 0 saturated heterocycles. The SMILES string of the molecule is N=C(N)c1ncccc1Oc1ccccc1F. The Morgan fingerprint density at radius 1 is 1.18 bits per heavy atom. The van der Waals surface area contributed by atoms with Gasteiger partial charge in [-0.25, -0.2) is 9.37 Å². The van der Waals surface area contributed by atoms with E-state index in [2.05, 4.69) is 4.98 Å². The summed E-state index contributed by atoms with van der Waals surface area (Å²) in [7, 11) is 0. The summed E-state index contributed by atoms with van der Waals surface area (Å²) in [6, 6.07) is 9.21. The minimum Gasteiger partial charge on any atom is -0.452 e. The second-order valence-corrected chi connectivity index (χ2v) is 3.30. The van der Waals surface area contributed by atoms with Crippen molar-refractivity contribution in [1.82, 2.24) is 4.98 Å². The van der Waals surface area contributed by atoms with E-state index >= 15 is 0 Å². The van der Waals surface area contributed by atoms with Crippen molar-refractivity contribution >= 4 is 5.84 Å². The van der Waals surface area contributed by atoms with Crippen LogP contribution in [0.1, 0.15) is 5.69 Å². The lowest BCUT2D eigenvalue weighted by atomic mass is 10.3. The lowest BCUT2D eigenvalue weighted by Gasteiger charge is -2.09. The Hall–Kier alpha value is -2.43. The summed E-state index contributed by atoms with van der Waals surface area (Å²) in [6.45, 7) is 0. The Balaban J connectivity index is 2.37. The van der Waals surface area contributed by atoms with Crippen molar-refractivity contribution in [2.24, 2.45) is 5.73 Å². The van der Waals surface area contributed by atoms with E-state index in [0.29, 0.717) is 0 Å². The highest BCUT2D eigenvalue weighted by Gasteiger charge is 2.10. The van der Waals surface area contributed by atoms with Crippen LogP contribution in [0.4, 0.5) is 4.39 Å². The molecule has 0 bridgehead atoms. The van der Waals surface area contributed by atoms with Crippen LogP contribution >= 0.6 is 0 Å². The molecular formula is C12H10FN3O. The van der Waals surface area contributed by atoms with Crippen molar-refractivity contribution < 1.29 is 9.13 Å². The molecule has 0 radical (unpaired) electrons. The summed E-state index contributed by atoms with van der Waals surface area (Å²) in [5, 5.41) is 7.34. The van der Waals surface area contributed by atoms with E-state index in [1.54, 1.807) is 24.3 Å². The fourth-order valence-electron chi connectivity index (χ4n) is 1.32. The third kappa shape index (κ3) is 2.39. The second-order valence-electron chi connectivity index (χ2n) is 3.30. The number of nitrogens with one attached hydrogen (secondary N) is 1. The minimum absolute atomic E-state index is 0.0722. The first kappa shape index (κ1) is 11.1. The van der Waals surface area contributed by atoms with Crippen LogP contribution in [-0.4, -0.2) is 10.8 Å². The van der Waals surface area contributed by atoms with E-state index in [4.69, 9.17) is 15.9 Å². The van der Waals surface area contributed by atoms with Gasteiger partial charge in [0.2, 0.25) is 0 Å². The molecule has 86 valence electrons. The maximum Gasteiger partial charge on any atom is 0.165 e. The predicted molar refractivity (Wildman–Crippen MR) is 61.7 cm³/mol. The molecule has 0 atom stereocenters. The van der Waals surface area contributed by atoms with Crippen LogP contribution in [0.25, 0.3) is 0 Å². The van der Waals surface area contributed by atoms with E-state index in [-0.39, 0.29) is 23.0 Å². The number of para-hydroxylation sites is 1. The number of aromatic nitrogens is 1. The number of benzene rings is 1. The first-order chi connectivity index (χ1) is 8.18. The molecule has 0 spiro atoms. The standard InChI is InChI=1S/C12H10FN3O/c13-8-4-1-2-5-9(8)17-10-6-3-7-16-11(10)12(14)15/h1-7H,(H3,14,15). The van der Waals surface area contributed by atoms with Crippen molar-refractivity contribution in [1.29, 1.82) is 5.41 Å². The first-order valence-corrected chi connectivity index (χ1v) is 4.90. The second kappa shape index (κ2) is 4.61. The topological polar surface area (TPSA) is 72.0 Å². The van der Waals surface area contributed by atoms with E-state index < -0.39 is 5.82 Å². The molecule has 2 rings (SSSR count). The fraction of sp³-hybridized carbons (Fsp3) is 0. The van der Waals surface area contributed by atoms with Gasteiger partial charge in [-0.05, 0) is 24.3 Å². The van der Waals surface area contributed by atoms with E-state index in [1.165, 1.54) is 18.3 Å². The molecule has 3 N–H and O–H groups in total. The Bertz CT molecular complexity index is 557. The average Bonchev–Trinajstić information content (AvgIpc) is 2.32. The molecule has 5 heteroatoms. The molecule has 1 aromatic carbocycles. The number of pyridine rings is 1. The van der Waals surface area contributed by atoms with Gasteiger partial charge < -0.3 is 10.5 Å². The third-order valence-corrected chi connectivity index (χ3v) is 2.08. The maximum atomic E-state index is 13.4. The van der Waals surface area contributed by atoms with Crippen molar-refractivity contribution in [3.63, 3.8) is 0 Å². The maximum absolute atomic E-state index is 13.4. The van der Waals surface area contributed by atoms with Gasteiger partial charge in [-0.1, -0.05) is 12.1 Å². The van der Waals surface area contributed by atoms with Crippen LogP contribution in [0, 0.1) is 11.2 Å². The van der Waals surface area contributed by atoms with Gasteiger partial charge in [0, 0.05) is 6.20 Å². The number of nitrogen functional groups attached to an aromatic ring is 1. The lowest BCUT2D eigenvalue weighted by molar-refractivity contribution is 0.439. The molecule has 2 aromatic rings. The number of rotatable bonds is 3. The van der Waals surface area contributed by atoms with E-state index in [0.717, 1.165) is 0 Å². The molecule has 1 aromatic heterocycles. The number of ether oxygens (including phenoxy) is 1. The number of amidine groups is 1. The van der Waals surface area contributed by atoms with Crippen LogP contribution in [0.5, 0.6) is 11.5 Å². The van der Waals surface area contributed by atoms with Crippen molar-refractivity contribution in [2.75, 3.05) is 0 Å². The molecular weight excluding hydrogens is 221 g/mol. The molecule has 0 aliphatic carbocycles. The largest absolute Gasteiger partial charge is 0.452 e. The minimum atomic E-state index is -0.481. The molecule has 0 unspecified atom stereocenters. The van der Waals surface area contributed by atoms with Gasteiger partial charge in [0.15, 0.2) is 17.3 Å². The zero-order valence-electron chi connectivity index (χ0n) is 8.85. The average molecular weight is 231 g/mol. The summed E-state index contributed by atoms with van der Waals surface area (Å²) in [5.41, 5.74) is 5.54. The number of nitrogens with two attached hydrogens (primary N) is 1. The quantitative estimate of drug-likeness (QED) is 0.628. The normalized spacial score (nSPS) is 9.94. The molecule has 0 fully saturated rings. The van der Waals surface area contributed by atoms with Gasteiger partial charge in [0.1, 0.15) is 11.5 Å². The van der Waals surface area contributed by atoms with Gasteiger partial charge in [0.05, 0.1) is 0 Å². The van der Waals surface area contributed by atoms with Gasteiger partial charge in [-0.15, -0.1) is 0 Å². The van der Waals surface area contributed by atoms with E-state index in [1.807, 2.05) is 0 Å². The van der Waals surface area contributed by atoms with Gasteiger partial charge in [-0.3, -0.25) is 5.41 Å². The van der Waals surface area contributed by atoms with Gasteiger partial charge in [0.25, 0.3) is 0 Å². The summed E-state index contributed by atoms with van der Waals surface area (Å²) in [6.07, 6.45) is 1.49. The first-order valence-electron chi connectivity index (χ1n) is 4.90. The molecule has 0 aliphatic heterocycles. The zero-order valence-corrected chi connectivity index (χ0v) is 8.85. The Labute approximate surface area is 97.4 Å². The van der Waals surface area contributed by atoms with Crippen molar-refractivity contribution in [3.05, 3.63) is 54.1 Å². The number of nitrogens with zero attached hydrogens (tertiary/aromatic N) is 1. The smallest absolute Gasteiger partial charge is 0.165 e. The Kier molecular flexibility index (Phi) is 3.00. The number of hydrogen-bond donors (Lipinski definition) is 2. The van der Waals surface area contributed by atoms with Crippen LogP contribution in [0.2, 0.25) is 0 Å². The summed E-state index contributed by atoms with van der Waals surface area (Å²) >= 11 is 0. The molecule has 1 heterocycles. The molecule has 0 aliphatic rings. The van der Waals surface area contributed by atoms with Crippen molar-refractivity contribution in [2.45, 2.75) is 0 Å². The molecule has 0 amide bonds. The predicted octanol–water partition coefficient (Wildman–Crippen LogP) is 2.30. The highest BCUT2D eigenvalue weighted by Crippen LogP contribution is 2.25. The molecule has 0 saturated carbocycles. The highest BCUT2D eigenvalue weighted by atomic mass is 19.1. The summed E-state index contributed by atoms with van der Waals surface area (Å²) < 4.78 is 18.7. The fourth-order valence-corrected chi connectivity index (χ4v) is 1.32. The van der Waals surface area contributed by atoms with Crippen LogP contribution in [0.15, 0.2) is 42.6 Å².